The lowest BCUT2D eigenvalue weighted by Crippen LogP contribution is -2.63. The molecule has 1 aromatic rings. The summed E-state index contributed by atoms with van der Waals surface area (Å²) in [5.74, 6) is -6.35. The van der Waals surface area contributed by atoms with Crippen LogP contribution < -0.4 is 10.6 Å². The van der Waals surface area contributed by atoms with E-state index in [-0.39, 0.29) is 29.3 Å². The van der Waals surface area contributed by atoms with Crippen LogP contribution in [0, 0.1) is 11.8 Å². The minimum Gasteiger partial charge on any atom is -0.510 e. The van der Waals surface area contributed by atoms with Gasteiger partial charge >= 0.3 is 0 Å². The van der Waals surface area contributed by atoms with E-state index in [1.165, 1.54) is 0 Å². The Balaban J connectivity index is 1.52. The van der Waals surface area contributed by atoms with Crippen LogP contribution in [0.3, 0.4) is 0 Å². The first kappa shape index (κ1) is 26.8. The van der Waals surface area contributed by atoms with E-state index < -0.39 is 58.0 Å². The number of aliphatic hydroxyl groups is 3. The van der Waals surface area contributed by atoms with E-state index >= 15 is 0 Å². The average Bonchev–Trinajstić information content (AvgIpc) is 3.40. The lowest BCUT2D eigenvalue weighted by atomic mass is 9.58. The Morgan fingerprint density at radius 3 is 2.42 bits per heavy atom. The zero-order valence-corrected chi connectivity index (χ0v) is 23.0. The Hall–Kier alpha value is -3.41. The quantitative estimate of drug-likeness (QED) is 0.343. The van der Waals surface area contributed by atoms with Gasteiger partial charge in [-0.05, 0) is 82.4 Å². The molecule has 3 aliphatic carbocycles. The molecule has 0 aromatic heterocycles. The lowest BCUT2D eigenvalue weighted by molar-refractivity contribution is -0.148. The second kappa shape index (κ2) is 9.05. The normalized spacial score (nSPS) is 32.3. The van der Waals surface area contributed by atoms with Gasteiger partial charge in [0.25, 0.3) is 5.91 Å². The predicted molar refractivity (Wildman–Crippen MR) is 145 cm³/mol. The molecule has 0 radical (unpaired) electrons. The van der Waals surface area contributed by atoms with Crippen LogP contribution in [0.2, 0.25) is 0 Å². The molecule has 11 heteroatoms. The lowest BCUT2D eigenvalue weighted by Gasteiger charge is -2.50. The number of nitrogens with zero attached hydrogens (tertiary/aromatic N) is 3. The van der Waals surface area contributed by atoms with Crippen molar-refractivity contribution in [2.45, 2.75) is 49.8 Å². The number of aliphatic hydroxyl groups excluding tert-OH is 2. The molecule has 0 saturated carbocycles. The summed E-state index contributed by atoms with van der Waals surface area (Å²) in [6, 6.07) is 0.777. The minimum atomic E-state index is -2.63. The van der Waals surface area contributed by atoms with Gasteiger partial charge in [-0.1, -0.05) is 0 Å². The van der Waals surface area contributed by atoms with Crippen molar-refractivity contribution in [3.05, 3.63) is 45.4 Å². The van der Waals surface area contributed by atoms with Gasteiger partial charge in [0.15, 0.2) is 11.4 Å². The highest BCUT2D eigenvalue weighted by atomic mass is 16.3. The molecule has 0 bridgehead atoms. The van der Waals surface area contributed by atoms with Crippen LogP contribution >= 0.6 is 0 Å². The summed E-state index contributed by atoms with van der Waals surface area (Å²) in [6.45, 7) is 2.75. The first-order valence-electron chi connectivity index (χ1n) is 13.9. The number of rotatable bonds is 3. The number of carbonyl (C=O) groups excluding carboxylic acids is 3. The smallest absolute Gasteiger partial charge is 0.255 e. The van der Waals surface area contributed by atoms with Crippen molar-refractivity contribution >= 4 is 23.2 Å². The summed E-state index contributed by atoms with van der Waals surface area (Å²) in [6.07, 6.45) is 3.53. The van der Waals surface area contributed by atoms with Crippen LogP contribution in [-0.4, -0.2) is 100 Å². The van der Waals surface area contributed by atoms with Crippen molar-refractivity contribution in [2.75, 3.05) is 45.7 Å². The van der Waals surface area contributed by atoms with Crippen molar-refractivity contribution < 1.29 is 34.8 Å². The Bertz CT molecular complexity index is 1410. The molecule has 2 heterocycles. The molecule has 1 aromatic carbocycles. The molecular formula is C29H36N4O7. The summed E-state index contributed by atoms with van der Waals surface area (Å²) >= 11 is 0. The topological polar surface area (TPSA) is 168 Å². The second-order valence-corrected chi connectivity index (χ2v) is 12.1. The molecule has 214 valence electrons. The molecule has 1 saturated heterocycles. The number of phenolic OH excluding ortho intramolecular Hbond substituents is 1. The molecule has 1 unspecified atom stereocenters. The number of amides is 1. The monoisotopic (exact) mass is 552 g/mol. The molecular weight excluding hydrogens is 516 g/mol. The van der Waals surface area contributed by atoms with Gasteiger partial charge in [0.2, 0.25) is 5.78 Å². The van der Waals surface area contributed by atoms with Crippen LogP contribution in [0.1, 0.15) is 53.2 Å². The maximum absolute atomic E-state index is 14.0. The molecule has 6 N–H and O–H groups in total. The van der Waals surface area contributed by atoms with Crippen LogP contribution in [0.4, 0.5) is 5.69 Å². The number of fused-ring (bicyclic) bond motifs is 5. The van der Waals surface area contributed by atoms with Gasteiger partial charge in [-0.15, -0.1) is 0 Å². The van der Waals surface area contributed by atoms with Crippen molar-refractivity contribution in [2.24, 2.45) is 17.6 Å². The predicted octanol–water partition coefficient (Wildman–Crippen LogP) is 1.10. The molecule has 0 spiro atoms. The number of likely N-dealkylation sites (tertiary alicyclic amines) is 1. The van der Waals surface area contributed by atoms with Crippen molar-refractivity contribution in [1.29, 1.82) is 0 Å². The molecule has 40 heavy (non-hydrogen) atoms. The Labute approximate surface area is 232 Å². The number of allylic oxidation sites excluding steroid dienone is 1. The molecule has 6 rings (SSSR count). The number of hydrogen-bond acceptors (Lipinski definition) is 10. The first-order chi connectivity index (χ1) is 18.9. The third kappa shape index (κ3) is 3.44. The number of ketones is 2. The molecule has 5 aliphatic rings. The number of carbonyl (C=O) groups is 3. The largest absolute Gasteiger partial charge is 0.510 e. The van der Waals surface area contributed by atoms with Gasteiger partial charge in [-0.2, -0.15) is 0 Å². The number of likely N-dealkylation sites (N-methyl/N-ethyl adjacent to an activating group) is 1. The fraction of sp³-hybridized carbons (Fsp3) is 0.552. The highest BCUT2D eigenvalue weighted by molar-refractivity contribution is 6.24. The van der Waals surface area contributed by atoms with E-state index in [1.54, 1.807) is 25.1 Å². The summed E-state index contributed by atoms with van der Waals surface area (Å²) in [5, 5.41) is 45.4. The van der Waals surface area contributed by atoms with Crippen molar-refractivity contribution in [3.8, 4) is 5.75 Å². The van der Waals surface area contributed by atoms with E-state index in [0.29, 0.717) is 12.0 Å². The number of hydrogen-bond donors (Lipinski definition) is 5. The highest BCUT2D eigenvalue weighted by Gasteiger charge is 2.63. The number of anilines is 1. The van der Waals surface area contributed by atoms with Crippen molar-refractivity contribution in [3.63, 3.8) is 0 Å². The maximum atomic E-state index is 14.0. The molecule has 1 amide bonds. The number of benzene rings is 1. The Kier molecular flexibility index (Phi) is 6.06. The SMILES string of the molecule is CN1CCC(N2CCCC2)c2cc(O)c3c(c21)C[C@H]1C[C@H]2[C@@H](N(C)C)C(O)=C(C(N)=O)C(=O)[C@@]2(O)C(O)=C1C3=O. The Morgan fingerprint density at radius 1 is 1.12 bits per heavy atom. The van der Waals surface area contributed by atoms with Gasteiger partial charge in [0, 0.05) is 36.8 Å². The van der Waals surface area contributed by atoms with Gasteiger partial charge in [0.1, 0.15) is 22.8 Å². The van der Waals surface area contributed by atoms with Crippen LogP contribution in [-0.2, 0) is 16.0 Å². The molecule has 1 fully saturated rings. The van der Waals surface area contributed by atoms with Gasteiger partial charge in [-0.3, -0.25) is 24.2 Å². The summed E-state index contributed by atoms with van der Waals surface area (Å²) in [5.41, 5.74) is 4.47. The third-order valence-corrected chi connectivity index (χ3v) is 9.78. The van der Waals surface area contributed by atoms with E-state index in [0.717, 1.165) is 50.1 Å². The maximum Gasteiger partial charge on any atom is 0.255 e. The van der Waals surface area contributed by atoms with Crippen molar-refractivity contribution in [1.82, 2.24) is 9.80 Å². The van der Waals surface area contributed by atoms with Gasteiger partial charge in [-0.25, -0.2) is 0 Å². The zero-order valence-electron chi connectivity index (χ0n) is 23.0. The standard InChI is InChI=1S/C29H36N4O7/c1-31(2)23-16-11-13-10-15-20(18(34)12-14-17(33-7-4-5-8-33)6-9-32(3)22(14)15)24(35)19(13)26(37)29(16,40)27(38)21(25(23)36)28(30)39/h12-13,16-17,23,34,36-37,40H,4-11H2,1-3H3,(H2,30,39)/t13-,16-,17?,23+,29-/m0/s1. The number of primary amides is 1. The first-order valence-corrected chi connectivity index (χ1v) is 13.9. The second-order valence-electron chi connectivity index (χ2n) is 12.1. The summed E-state index contributed by atoms with van der Waals surface area (Å²) in [7, 11) is 5.21. The number of phenols is 1. The summed E-state index contributed by atoms with van der Waals surface area (Å²) < 4.78 is 0. The van der Waals surface area contributed by atoms with E-state index in [1.807, 2.05) is 7.05 Å². The minimum absolute atomic E-state index is 0.0634. The van der Waals surface area contributed by atoms with Gasteiger partial charge < -0.3 is 31.1 Å². The number of aromatic hydroxyl groups is 1. The van der Waals surface area contributed by atoms with E-state index in [9.17, 15) is 34.8 Å². The number of nitrogens with two attached hydrogens (primary N) is 1. The fourth-order valence-electron chi connectivity index (χ4n) is 8.06. The molecule has 2 aliphatic heterocycles. The van der Waals surface area contributed by atoms with Crippen LogP contribution in [0.5, 0.6) is 5.75 Å². The van der Waals surface area contributed by atoms with Gasteiger partial charge in [0.05, 0.1) is 11.6 Å². The highest BCUT2D eigenvalue weighted by Crippen LogP contribution is 2.54. The fourth-order valence-corrected chi connectivity index (χ4v) is 8.06. The van der Waals surface area contributed by atoms with Crippen LogP contribution in [0.15, 0.2) is 28.7 Å². The van der Waals surface area contributed by atoms with E-state index in [2.05, 4.69) is 9.80 Å². The van der Waals surface area contributed by atoms with E-state index in [4.69, 9.17) is 5.73 Å². The summed E-state index contributed by atoms with van der Waals surface area (Å²) in [4.78, 5) is 45.7. The zero-order chi connectivity index (χ0) is 28.8. The molecule has 5 atom stereocenters. The third-order valence-electron chi connectivity index (χ3n) is 9.78. The number of Topliss-reactive ketones (excluding diaryl/α,β-unsaturated/α-hetero) is 2. The Morgan fingerprint density at radius 2 is 1.80 bits per heavy atom. The average molecular weight is 553 g/mol. The molecule has 11 nitrogen and oxygen atoms in total. The van der Waals surface area contributed by atoms with Crippen LogP contribution in [0.25, 0.3) is 0 Å².